The molecule has 10 heteroatoms. The Balaban J connectivity index is 1.53. The maximum absolute atomic E-state index is 13.2. The van der Waals surface area contributed by atoms with Gasteiger partial charge in [-0.25, -0.2) is 9.48 Å². The Kier molecular flexibility index (Phi) is 6.38. The topological polar surface area (TPSA) is 102 Å². The highest BCUT2D eigenvalue weighted by molar-refractivity contribution is 7.98. The number of furan rings is 1. The number of likely N-dealkylation sites (tertiary alicyclic amines) is 1. The molecule has 3 heterocycles. The molecule has 31 heavy (non-hydrogen) atoms. The second kappa shape index (κ2) is 9.36. The molecule has 1 N–H and O–H groups in total. The van der Waals surface area contributed by atoms with Crippen LogP contribution in [0.15, 0.2) is 58.4 Å². The predicted molar refractivity (Wildman–Crippen MR) is 115 cm³/mol. The van der Waals surface area contributed by atoms with E-state index in [9.17, 15) is 9.59 Å². The van der Waals surface area contributed by atoms with Crippen molar-refractivity contribution in [3.05, 3.63) is 60.3 Å². The lowest BCUT2D eigenvalue weighted by molar-refractivity contribution is -0.120. The van der Waals surface area contributed by atoms with Gasteiger partial charge < -0.3 is 14.5 Å². The third kappa shape index (κ3) is 4.80. The van der Waals surface area contributed by atoms with Gasteiger partial charge in [-0.1, -0.05) is 11.3 Å². The van der Waals surface area contributed by atoms with Gasteiger partial charge in [-0.3, -0.25) is 9.69 Å². The summed E-state index contributed by atoms with van der Waals surface area (Å²) < 4.78 is 11.5. The molecule has 1 fully saturated rings. The van der Waals surface area contributed by atoms with E-state index in [-0.39, 0.29) is 23.7 Å². The Morgan fingerprint density at radius 2 is 2.23 bits per heavy atom. The van der Waals surface area contributed by atoms with E-state index in [0.29, 0.717) is 19.5 Å². The number of benzene rings is 1. The van der Waals surface area contributed by atoms with Gasteiger partial charge in [-0.2, -0.15) is 0 Å². The molecule has 0 unspecified atom stereocenters. The Morgan fingerprint density at radius 3 is 2.97 bits per heavy atom. The molecule has 0 aliphatic carbocycles. The Morgan fingerprint density at radius 1 is 1.35 bits per heavy atom. The SMILES string of the molecule is COC(=O)c1cn([C@H]2C[C@@H](C(=O)Nc3cccc(SC)c3)N(Cc3ccoc3)C2)nn1. The summed E-state index contributed by atoms with van der Waals surface area (Å²) in [7, 11) is 1.30. The average molecular weight is 442 g/mol. The molecule has 2 atom stereocenters. The lowest BCUT2D eigenvalue weighted by Crippen LogP contribution is -2.39. The molecular formula is C21H23N5O4S. The molecule has 0 bridgehead atoms. The molecule has 1 amide bonds. The molecule has 4 rings (SSSR count). The van der Waals surface area contributed by atoms with Gasteiger partial charge in [0.05, 0.1) is 37.9 Å². The molecule has 9 nitrogen and oxygen atoms in total. The van der Waals surface area contributed by atoms with Crippen LogP contribution in [-0.2, 0) is 16.1 Å². The van der Waals surface area contributed by atoms with Crippen molar-refractivity contribution in [1.82, 2.24) is 19.9 Å². The summed E-state index contributed by atoms with van der Waals surface area (Å²) in [6.07, 6.45) is 7.39. The van der Waals surface area contributed by atoms with Crippen LogP contribution in [0.2, 0.25) is 0 Å². The smallest absolute Gasteiger partial charge is 0.360 e. The molecular weight excluding hydrogens is 418 g/mol. The molecule has 3 aromatic rings. The van der Waals surface area contributed by atoms with Crippen LogP contribution in [-0.4, -0.2) is 57.7 Å². The van der Waals surface area contributed by atoms with E-state index in [4.69, 9.17) is 9.15 Å². The number of rotatable bonds is 7. The zero-order chi connectivity index (χ0) is 21.8. The summed E-state index contributed by atoms with van der Waals surface area (Å²) in [6, 6.07) is 9.16. The first-order valence-corrected chi connectivity index (χ1v) is 11.0. The lowest BCUT2D eigenvalue weighted by atomic mass is 10.1. The van der Waals surface area contributed by atoms with Crippen LogP contribution in [0.5, 0.6) is 0 Å². The van der Waals surface area contributed by atoms with Crippen molar-refractivity contribution in [2.45, 2.75) is 29.9 Å². The summed E-state index contributed by atoms with van der Waals surface area (Å²) in [4.78, 5) is 28.1. The molecule has 0 spiro atoms. The maximum atomic E-state index is 13.2. The fraction of sp³-hybridized carbons (Fsp3) is 0.333. The highest BCUT2D eigenvalue weighted by Gasteiger charge is 2.38. The van der Waals surface area contributed by atoms with E-state index >= 15 is 0 Å². The largest absolute Gasteiger partial charge is 0.472 e. The second-order valence-electron chi connectivity index (χ2n) is 7.26. The molecule has 162 valence electrons. The van der Waals surface area contributed by atoms with Crippen LogP contribution in [0.1, 0.15) is 28.5 Å². The van der Waals surface area contributed by atoms with Crippen molar-refractivity contribution >= 4 is 29.3 Å². The van der Waals surface area contributed by atoms with Gasteiger partial charge in [0.2, 0.25) is 5.91 Å². The number of hydrogen-bond donors (Lipinski definition) is 1. The number of nitrogens with one attached hydrogen (secondary N) is 1. The number of thioether (sulfide) groups is 1. The lowest BCUT2D eigenvalue weighted by Gasteiger charge is -2.22. The second-order valence-corrected chi connectivity index (χ2v) is 8.14. The minimum atomic E-state index is -0.539. The van der Waals surface area contributed by atoms with Crippen LogP contribution in [0, 0.1) is 0 Å². The third-order valence-corrected chi connectivity index (χ3v) is 5.99. The number of methoxy groups -OCH3 is 1. The van der Waals surface area contributed by atoms with Gasteiger partial charge in [0.25, 0.3) is 0 Å². The molecule has 0 saturated carbocycles. The van der Waals surface area contributed by atoms with Crippen LogP contribution < -0.4 is 5.32 Å². The fourth-order valence-electron chi connectivity index (χ4n) is 3.72. The van der Waals surface area contributed by atoms with Crippen molar-refractivity contribution in [2.24, 2.45) is 0 Å². The number of aromatic nitrogens is 3. The van der Waals surface area contributed by atoms with Gasteiger partial charge in [-0.15, -0.1) is 16.9 Å². The van der Waals surface area contributed by atoms with Crippen molar-refractivity contribution < 1.29 is 18.7 Å². The van der Waals surface area contributed by atoms with E-state index in [1.165, 1.54) is 7.11 Å². The summed E-state index contributed by atoms with van der Waals surface area (Å²) in [6.45, 7) is 1.15. The summed E-state index contributed by atoms with van der Waals surface area (Å²) in [5.74, 6) is -0.625. The van der Waals surface area contributed by atoms with Crippen LogP contribution >= 0.6 is 11.8 Å². The van der Waals surface area contributed by atoms with E-state index in [1.807, 2.05) is 36.6 Å². The van der Waals surface area contributed by atoms with Crippen LogP contribution in [0.25, 0.3) is 0 Å². The minimum Gasteiger partial charge on any atom is -0.472 e. The van der Waals surface area contributed by atoms with Crippen molar-refractivity contribution in [3.8, 4) is 0 Å². The van der Waals surface area contributed by atoms with Crippen molar-refractivity contribution in [3.63, 3.8) is 0 Å². The highest BCUT2D eigenvalue weighted by atomic mass is 32.2. The quantitative estimate of drug-likeness (QED) is 0.441. The predicted octanol–water partition coefficient (Wildman–Crippen LogP) is 2.83. The number of ether oxygens (including phenoxy) is 1. The van der Waals surface area contributed by atoms with E-state index in [0.717, 1.165) is 16.1 Å². The summed E-state index contributed by atoms with van der Waals surface area (Å²) in [5, 5.41) is 11.0. The number of carbonyl (C=O) groups is 2. The molecule has 1 aliphatic heterocycles. The molecule has 1 aliphatic rings. The summed E-state index contributed by atoms with van der Waals surface area (Å²) in [5.41, 5.74) is 1.89. The number of amides is 1. The fourth-order valence-corrected chi connectivity index (χ4v) is 4.17. The zero-order valence-electron chi connectivity index (χ0n) is 17.2. The van der Waals surface area contributed by atoms with Crippen LogP contribution in [0.3, 0.4) is 0 Å². The first kappa shape index (κ1) is 21.1. The monoisotopic (exact) mass is 441 g/mol. The first-order chi connectivity index (χ1) is 15.1. The zero-order valence-corrected chi connectivity index (χ0v) is 18.0. The van der Waals surface area contributed by atoms with Crippen LogP contribution in [0.4, 0.5) is 5.69 Å². The number of anilines is 1. The van der Waals surface area contributed by atoms with Gasteiger partial charge >= 0.3 is 5.97 Å². The standard InChI is InChI=1S/C21H23N5O4S/c1-29-21(28)18-12-26(24-23-18)16-9-19(25(11-16)10-14-6-7-30-13-14)20(27)22-15-4-3-5-17(8-15)31-2/h3-8,12-13,16,19H,9-11H2,1-2H3,(H,22,27)/t16-,19-/m0/s1. The Hall–Kier alpha value is -3.11. The van der Waals surface area contributed by atoms with Crippen molar-refractivity contribution in [2.75, 3.05) is 25.2 Å². The molecule has 1 saturated heterocycles. The Labute approximate surface area is 183 Å². The minimum absolute atomic E-state index is 0.0856. The van der Waals surface area contributed by atoms with E-state index in [2.05, 4.69) is 20.5 Å². The third-order valence-electron chi connectivity index (χ3n) is 5.27. The van der Waals surface area contributed by atoms with Crippen molar-refractivity contribution in [1.29, 1.82) is 0 Å². The van der Waals surface area contributed by atoms with Gasteiger partial charge in [-0.05, 0) is 36.9 Å². The van der Waals surface area contributed by atoms with Gasteiger partial charge in [0.15, 0.2) is 5.69 Å². The average Bonchev–Trinajstić information content (AvgIpc) is 3.54. The molecule has 0 radical (unpaired) electrons. The van der Waals surface area contributed by atoms with E-state index in [1.54, 1.807) is 35.2 Å². The number of esters is 1. The normalized spacial score (nSPS) is 18.8. The number of nitrogens with zero attached hydrogens (tertiary/aromatic N) is 4. The highest BCUT2D eigenvalue weighted by Crippen LogP contribution is 2.30. The first-order valence-electron chi connectivity index (χ1n) is 9.77. The number of carbonyl (C=O) groups excluding carboxylic acids is 2. The molecule has 2 aromatic heterocycles. The number of hydrogen-bond acceptors (Lipinski definition) is 8. The Bertz CT molecular complexity index is 1050. The van der Waals surface area contributed by atoms with Gasteiger partial charge in [0, 0.05) is 29.2 Å². The maximum Gasteiger partial charge on any atom is 0.360 e. The van der Waals surface area contributed by atoms with Gasteiger partial charge in [0.1, 0.15) is 0 Å². The summed E-state index contributed by atoms with van der Waals surface area (Å²) >= 11 is 1.62. The van der Waals surface area contributed by atoms with E-state index < -0.39 is 5.97 Å². The molecule has 1 aromatic carbocycles.